The second-order valence-electron chi connectivity index (χ2n) is 16.0. The van der Waals surface area contributed by atoms with Crippen molar-refractivity contribution in [3.05, 3.63) is 192 Å². The molecule has 0 saturated heterocycles. The highest BCUT2D eigenvalue weighted by Crippen LogP contribution is 2.18. The van der Waals surface area contributed by atoms with Gasteiger partial charge in [0, 0.05) is 78.5 Å². The average molecular weight is 912 g/mol. The molecule has 16 nitrogen and oxygen atoms in total. The Morgan fingerprint density at radius 1 is 0.522 bits per heavy atom. The Morgan fingerprint density at radius 2 is 0.866 bits per heavy atom. The van der Waals surface area contributed by atoms with Gasteiger partial charge in [0.2, 0.25) is 0 Å². The molecule has 0 spiro atoms. The van der Waals surface area contributed by atoms with Crippen LogP contribution in [-0.2, 0) is 41.0 Å². The Labute approximate surface area is 388 Å². The van der Waals surface area contributed by atoms with Gasteiger partial charge in [0.05, 0.1) is 16.7 Å². The van der Waals surface area contributed by atoms with Crippen LogP contribution in [0.1, 0.15) is 67.5 Å². The number of benzene rings is 3. The molecule has 3 heterocycles. The molecule has 0 aliphatic heterocycles. The zero-order valence-corrected chi connectivity index (χ0v) is 38.2. The summed E-state index contributed by atoms with van der Waals surface area (Å²) in [5, 5.41) is 8.93. The van der Waals surface area contributed by atoms with E-state index < -0.39 is 40.4 Å². The first-order valence-corrected chi connectivity index (χ1v) is 22.1. The number of aromatic nitrogens is 3. The molecule has 0 fully saturated rings. The molecule has 6 rings (SSSR count). The second kappa shape index (κ2) is 24.0. The summed E-state index contributed by atoms with van der Waals surface area (Å²) in [5.41, 5.74) is 1.33. The van der Waals surface area contributed by atoms with Gasteiger partial charge >= 0.3 is 0 Å². The van der Waals surface area contributed by atoms with Crippen LogP contribution in [0.3, 0.4) is 0 Å². The van der Waals surface area contributed by atoms with E-state index in [0.717, 1.165) is 16.7 Å². The van der Waals surface area contributed by atoms with Crippen LogP contribution >= 0.6 is 0 Å². The molecular weight excluding hydrogens is 855 g/mol. The third kappa shape index (κ3) is 13.4. The predicted octanol–water partition coefficient (Wildman–Crippen LogP) is 4.58. The maximum Gasteiger partial charge on any atom is 0.293 e. The van der Waals surface area contributed by atoms with Gasteiger partial charge in [0.1, 0.15) is 19.8 Å². The van der Waals surface area contributed by atoms with Crippen molar-refractivity contribution in [2.45, 2.75) is 45.6 Å². The number of ether oxygens (including phenoxy) is 3. The van der Waals surface area contributed by atoms with E-state index in [0.29, 0.717) is 12.8 Å². The van der Waals surface area contributed by atoms with Gasteiger partial charge in [0.25, 0.3) is 34.4 Å². The van der Waals surface area contributed by atoms with E-state index in [1.807, 2.05) is 103 Å². The van der Waals surface area contributed by atoms with Crippen molar-refractivity contribution in [3.63, 3.8) is 0 Å². The SMILES string of the molecule is CCCC(CN(CCNC(=O)c1ccn(C)c(=O)c1OCc1ccccc1)CCNC(=O)c1ccn(C)c(=O)c1OCc1ccccc1)NC(=O)c1ccn(C)c(=O)c1OCc1ccccc1. The van der Waals surface area contributed by atoms with Gasteiger partial charge in [-0.2, -0.15) is 0 Å². The number of carbonyl (C=O) groups excluding carboxylic acids is 3. The summed E-state index contributed by atoms with van der Waals surface area (Å²) in [4.78, 5) is 83.1. The first-order chi connectivity index (χ1) is 32.4. The molecule has 67 heavy (non-hydrogen) atoms. The smallest absolute Gasteiger partial charge is 0.293 e. The van der Waals surface area contributed by atoms with Crippen LogP contribution in [0.15, 0.2) is 142 Å². The van der Waals surface area contributed by atoms with E-state index in [-0.39, 0.29) is 86.5 Å². The largest absolute Gasteiger partial charge is 0.482 e. The molecule has 0 aliphatic rings. The summed E-state index contributed by atoms with van der Waals surface area (Å²) in [7, 11) is 4.74. The number of nitrogens with zero attached hydrogens (tertiary/aromatic N) is 4. The molecule has 0 bridgehead atoms. The first kappa shape index (κ1) is 48.7. The molecule has 0 saturated carbocycles. The van der Waals surface area contributed by atoms with Crippen LogP contribution in [-0.4, -0.2) is 75.1 Å². The predicted molar refractivity (Wildman–Crippen MR) is 255 cm³/mol. The zero-order valence-electron chi connectivity index (χ0n) is 38.2. The third-order valence-electron chi connectivity index (χ3n) is 11.0. The number of nitrogens with one attached hydrogen (secondary N) is 3. The molecule has 16 heteroatoms. The summed E-state index contributed by atoms with van der Waals surface area (Å²) >= 11 is 0. The summed E-state index contributed by atoms with van der Waals surface area (Å²) in [6, 6.07) is 32.1. The Hall–Kier alpha value is -7.72. The normalized spacial score (nSPS) is 11.4. The zero-order chi connectivity index (χ0) is 47.7. The van der Waals surface area contributed by atoms with Crippen molar-refractivity contribution < 1.29 is 28.6 Å². The third-order valence-corrected chi connectivity index (χ3v) is 11.0. The van der Waals surface area contributed by atoms with E-state index in [9.17, 15) is 28.8 Å². The lowest BCUT2D eigenvalue weighted by atomic mass is 10.1. The minimum atomic E-state index is -0.519. The minimum absolute atomic E-state index is 0.0744. The van der Waals surface area contributed by atoms with Crippen LogP contribution < -0.4 is 46.8 Å². The molecule has 1 unspecified atom stereocenters. The molecule has 3 aromatic heterocycles. The molecule has 0 aliphatic carbocycles. The molecule has 350 valence electrons. The summed E-state index contributed by atoms with van der Waals surface area (Å²) in [5.74, 6) is -1.77. The van der Waals surface area contributed by atoms with Crippen molar-refractivity contribution in [1.82, 2.24) is 34.6 Å². The average Bonchev–Trinajstić information content (AvgIpc) is 3.33. The van der Waals surface area contributed by atoms with Crippen molar-refractivity contribution >= 4 is 17.7 Å². The quantitative estimate of drug-likeness (QED) is 0.0823. The number of amides is 3. The number of hydrogen-bond acceptors (Lipinski definition) is 10. The van der Waals surface area contributed by atoms with Crippen LogP contribution in [0, 0.1) is 0 Å². The van der Waals surface area contributed by atoms with Gasteiger partial charge < -0.3 is 43.9 Å². The van der Waals surface area contributed by atoms with Gasteiger partial charge in [-0.05, 0) is 41.3 Å². The maximum absolute atomic E-state index is 14.0. The number of pyridine rings is 3. The monoisotopic (exact) mass is 911 g/mol. The highest BCUT2D eigenvalue weighted by Gasteiger charge is 2.24. The summed E-state index contributed by atoms with van der Waals surface area (Å²) in [6.07, 6.45) is 5.77. The van der Waals surface area contributed by atoms with Crippen molar-refractivity contribution in [2.24, 2.45) is 21.1 Å². The fourth-order valence-corrected chi connectivity index (χ4v) is 7.23. The van der Waals surface area contributed by atoms with E-state index in [1.165, 1.54) is 44.4 Å². The fourth-order valence-electron chi connectivity index (χ4n) is 7.23. The minimum Gasteiger partial charge on any atom is -0.482 e. The lowest BCUT2D eigenvalue weighted by Crippen LogP contribution is -2.48. The van der Waals surface area contributed by atoms with Gasteiger partial charge in [-0.15, -0.1) is 0 Å². The molecule has 6 aromatic rings. The number of aryl methyl sites for hydroxylation is 3. The standard InChI is InChI=1S/C51H57N7O9/c1-5-15-39(54-48(61)42-24-29-57(4)51(64)45(42)67-35-38-20-13-8-14-21-38)32-58(30-25-52-46(59)40-22-27-55(2)49(62)43(40)65-33-36-16-9-6-10-17-36)31-26-53-47(60)41-23-28-56(3)50(63)44(41)66-34-37-18-11-7-12-19-37/h6-14,16-24,27-29,39H,5,15,25-26,30-35H2,1-4H3,(H,52,59)(H,53,60)(H,54,61). The Morgan fingerprint density at radius 3 is 1.21 bits per heavy atom. The molecule has 3 amide bonds. The molecule has 0 radical (unpaired) electrons. The van der Waals surface area contributed by atoms with Gasteiger partial charge in [-0.3, -0.25) is 33.7 Å². The summed E-state index contributed by atoms with van der Waals surface area (Å²) < 4.78 is 21.9. The number of carbonyl (C=O) groups is 3. The van der Waals surface area contributed by atoms with Crippen molar-refractivity contribution in [3.8, 4) is 17.2 Å². The topological polar surface area (TPSA) is 184 Å². The molecular formula is C51H57N7O9. The highest BCUT2D eigenvalue weighted by atomic mass is 16.5. The van der Waals surface area contributed by atoms with Crippen molar-refractivity contribution in [2.75, 3.05) is 32.7 Å². The first-order valence-electron chi connectivity index (χ1n) is 22.1. The van der Waals surface area contributed by atoms with E-state index in [4.69, 9.17) is 14.2 Å². The Bertz CT molecular complexity index is 2670. The van der Waals surface area contributed by atoms with Crippen LogP contribution in [0.25, 0.3) is 0 Å². The van der Waals surface area contributed by atoms with Gasteiger partial charge in [0.15, 0.2) is 17.2 Å². The molecule has 3 aromatic carbocycles. The van der Waals surface area contributed by atoms with Gasteiger partial charge in [-0.25, -0.2) is 0 Å². The van der Waals surface area contributed by atoms with E-state index in [2.05, 4.69) is 16.0 Å². The Kier molecular flexibility index (Phi) is 17.4. The van der Waals surface area contributed by atoms with Crippen LogP contribution in [0.5, 0.6) is 17.2 Å². The van der Waals surface area contributed by atoms with E-state index >= 15 is 0 Å². The fraction of sp³-hybridized carbons (Fsp3) is 0.294. The van der Waals surface area contributed by atoms with Crippen LogP contribution in [0.4, 0.5) is 0 Å². The maximum atomic E-state index is 14.0. The lowest BCUT2D eigenvalue weighted by molar-refractivity contribution is 0.0915. The highest BCUT2D eigenvalue weighted by molar-refractivity contribution is 5.98. The molecule has 3 N–H and O–H groups in total. The summed E-state index contributed by atoms with van der Waals surface area (Å²) in [6.45, 7) is 3.28. The van der Waals surface area contributed by atoms with Crippen LogP contribution in [0.2, 0.25) is 0 Å². The van der Waals surface area contributed by atoms with E-state index in [1.54, 1.807) is 27.2 Å². The lowest BCUT2D eigenvalue weighted by Gasteiger charge is -2.28. The second-order valence-corrected chi connectivity index (χ2v) is 16.0. The van der Waals surface area contributed by atoms with Gasteiger partial charge in [-0.1, -0.05) is 104 Å². The number of rotatable bonds is 23. The Balaban J connectivity index is 1.19. The molecule has 1 atom stereocenters. The number of hydrogen-bond donors (Lipinski definition) is 3. The van der Waals surface area contributed by atoms with Crippen molar-refractivity contribution in [1.29, 1.82) is 0 Å².